The number of ether oxygens (including phenoxy) is 2. The standard InChI is InChI=1S/C84H156NO8P/c1-6-8-10-12-14-16-18-20-22-24-26-28-30-32-34-36-38-39-40-41-42-43-44-45-47-48-50-52-54-56-58-60-62-64-66-68-70-72-74-76-83(86)90-80-82(81-92-94(88,89)91-79-78-85(3,4)5)93-84(87)77-75-73-71-69-67-65-63-61-59-57-55-53-51-49-46-37-35-33-31-29-27-25-23-21-19-17-15-13-11-9-7-2/h9,11,15,17,21,23,27,29,33,35,46,49,82H,6-8,10,12-14,16,18-20,22,24-26,28,30-32,34,36-45,47-48,50-81H2,1-5H3/b11-9-,17-15-,23-21-,29-27-,35-33-,49-46-. The van der Waals surface area contributed by atoms with Crippen molar-refractivity contribution in [1.29, 1.82) is 0 Å². The van der Waals surface area contributed by atoms with Gasteiger partial charge in [0.25, 0.3) is 7.82 Å². The summed E-state index contributed by atoms with van der Waals surface area (Å²) in [5, 5.41) is 0. The molecule has 0 N–H and O–H groups in total. The first kappa shape index (κ1) is 91.4. The van der Waals surface area contributed by atoms with E-state index in [-0.39, 0.29) is 32.0 Å². The third kappa shape index (κ3) is 78.4. The van der Waals surface area contributed by atoms with Crippen LogP contribution in [0.3, 0.4) is 0 Å². The molecule has 10 heteroatoms. The van der Waals surface area contributed by atoms with Gasteiger partial charge in [0.2, 0.25) is 0 Å². The van der Waals surface area contributed by atoms with Crippen LogP contribution in [0.15, 0.2) is 72.9 Å². The molecule has 0 aromatic heterocycles. The highest BCUT2D eigenvalue weighted by atomic mass is 31.2. The average molecular weight is 1340 g/mol. The first-order valence-electron chi connectivity index (χ1n) is 40.6. The molecule has 0 heterocycles. The number of allylic oxidation sites excluding steroid dienone is 12. The van der Waals surface area contributed by atoms with Crippen LogP contribution in [0.4, 0.5) is 0 Å². The van der Waals surface area contributed by atoms with Crippen LogP contribution in [0.2, 0.25) is 0 Å². The molecule has 550 valence electrons. The van der Waals surface area contributed by atoms with Gasteiger partial charge >= 0.3 is 11.9 Å². The van der Waals surface area contributed by atoms with Crippen molar-refractivity contribution in [1.82, 2.24) is 0 Å². The average Bonchev–Trinajstić information content (AvgIpc) is 1.66. The molecule has 0 aliphatic carbocycles. The Hall–Kier alpha value is -2.55. The minimum atomic E-state index is -4.65. The maximum atomic E-state index is 12.9. The van der Waals surface area contributed by atoms with Crippen LogP contribution >= 0.6 is 7.82 Å². The molecule has 0 aromatic carbocycles. The van der Waals surface area contributed by atoms with Crippen molar-refractivity contribution in [2.45, 2.75) is 405 Å². The van der Waals surface area contributed by atoms with Gasteiger partial charge in [-0.25, -0.2) is 0 Å². The lowest BCUT2D eigenvalue weighted by Crippen LogP contribution is -2.37. The second-order valence-corrected chi connectivity index (χ2v) is 30.2. The van der Waals surface area contributed by atoms with Gasteiger partial charge in [0.05, 0.1) is 27.7 Å². The highest BCUT2D eigenvalue weighted by Crippen LogP contribution is 2.38. The molecule has 0 amide bonds. The summed E-state index contributed by atoms with van der Waals surface area (Å²) in [6.07, 6.45) is 102. The summed E-state index contributed by atoms with van der Waals surface area (Å²) in [6.45, 7) is 4.19. The summed E-state index contributed by atoms with van der Waals surface area (Å²) in [5.74, 6) is -0.819. The number of hydrogen-bond donors (Lipinski definition) is 0. The van der Waals surface area contributed by atoms with Crippen LogP contribution < -0.4 is 4.89 Å². The van der Waals surface area contributed by atoms with Gasteiger partial charge in [0.15, 0.2) is 6.10 Å². The third-order valence-corrected chi connectivity index (χ3v) is 19.2. The molecule has 2 unspecified atom stereocenters. The summed E-state index contributed by atoms with van der Waals surface area (Å²) in [7, 11) is 1.18. The molecule has 0 aliphatic rings. The minimum Gasteiger partial charge on any atom is -0.756 e. The molecule has 0 rings (SSSR count). The highest BCUT2D eigenvalue weighted by molar-refractivity contribution is 7.45. The predicted octanol–water partition coefficient (Wildman–Crippen LogP) is 26.4. The van der Waals surface area contributed by atoms with Crippen LogP contribution in [0.25, 0.3) is 0 Å². The zero-order chi connectivity index (χ0) is 68.3. The fourth-order valence-electron chi connectivity index (χ4n) is 12.1. The van der Waals surface area contributed by atoms with E-state index in [0.29, 0.717) is 17.4 Å². The van der Waals surface area contributed by atoms with E-state index in [9.17, 15) is 19.0 Å². The van der Waals surface area contributed by atoms with Crippen molar-refractivity contribution in [2.24, 2.45) is 0 Å². The topological polar surface area (TPSA) is 111 Å². The molecule has 0 saturated carbocycles. The van der Waals surface area contributed by atoms with Crippen molar-refractivity contribution in [3.05, 3.63) is 72.9 Å². The minimum absolute atomic E-state index is 0.0314. The van der Waals surface area contributed by atoms with Crippen LogP contribution in [0, 0.1) is 0 Å². The van der Waals surface area contributed by atoms with E-state index < -0.39 is 26.5 Å². The number of carbonyl (C=O) groups is 2. The zero-order valence-electron chi connectivity index (χ0n) is 62.9. The number of hydrogen-bond acceptors (Lipinski definition) is 8. The molecular weight excluding hydrogens is 1180 g/mol. The van der Waals surface area contributed by atoms with Gasteiger partial charge in [-0.15, -0.1) is 0 Å². The Morgan fingerprint density at radius 3 is 0.904 bits per heavy atom. The quantitative estimate of drug-likeness (QED) is 0.0195. The molecule has 0 bridgehead atoms. The fraction of sp³-hybridized carbons (Fsp3) is 0.833. The lowest BCUT2D eigenvalue weighted by Gasteiger charge is -2.28. The van der Waals surface area contributed by atoms with E-state index >= 15 is 0 Å². The molecule has 2 atom stereocenters. The van der Waals surface area contributed by atoms with Gasteiger partial charge in [-0.1, -0.05) is 395 Å². The zero-order valence-corrected chi connectivity index (χ0v) is 63.8. The molecule has 94 heavy (non-hydrogen) atoms. The van der Waals surface area contributed by atoms with Crippen molar-refractivity contribution in [3.8, 4) is 0 Å². The molecule has 9 nitrogen and oxygen atoms in total. The normalized spacial score (nSPS) is 13.4. The van der Waals surface area contributed by atoms with Crippen molar-refractivity contribution in [3.63, 3.8) is 0 Å². The second kappa shape index (κ2) is 74.7. The predicted molar refractivity (Wildman–Crippen MR) is 406 cm³/mol. The number of likely N-dealkylation sites (N-methyl/N-ethyl adjacent to an activating group) is 1. The maximum absolute atomic E-state index is 12.9. The smallest absolute Gasteiger partial charge is 0.306 e. The molecule has 0 spiro atoms. The Bertz CT molecular complexity index is 1820. The summed E-state index contributed by atoms with van der Waals surface area (Å²) in [6, 6.07) is 0. The van der Waals surface area contributed by atoms with Crippen LogP contribution in [-0.2, 0) is 32.7 Å². The van der Waals surface area contributed by atoms with E-state index in [1.807, 2.05) is 21.1 Å². The van der Waals surface area contributed by atoms with E-state index in [1.54, 1.807) is 0 Å². The molecule has 0 saturated heterocycles. The number of phosphoric ester groups is 1. The lowest BCUT2D eigenvalue weighted by molar-refractivity contribution is -0.870. The molecular formula is C84H156NO8P. The number of unbranched alkanes of at least 4 members (excludes halogenated alkanes) is 50. The monoisotopic (exact) mass is 1340 g/mol. The number of rotatable bonds is 76. The summed E-state index contributed by atoms with van der Waals surface area (Å²) >= 11 is 0. The Morgan fingerprint density at radius 1 is 0.340 bits per heavy atom. The Labute approximate surface area is 584 Å². The van der Waals surface area contributed by atoms with Crippen LogP contribution in [-0.4, -0.2) is 70.0 Å². The van der Waals surface area contributed by atoms with Crippen molar-refractivity contribution >= 4 is 19.8 Å². The van der Waals surface area contributed by atoms with E-state index in [4.69, 9.17) is 18.5 Å². The van der Waals surface area contributed by atoms with E-state index in [2.05, 4.69) is 86.8 Å². The summed E-state index contributed by atoms with van der Waals surface area (Å²) in [4.78, 5) is 38.2. The Morgan fingerprint density at radius 2 is 0.606 bits per heavy atom. The van der Waals surface area contributed by atoms with Gasteiger partial charge < -0.3 is 27.9 Å². The summed E-state index contributed by atoms with van der Waals surface area (Å²) in [5.41, 5.74) is 0. The van der Waals surface area contributed by atoms with E-state index in [1.165, 1.54) is 289 Å². The van der Waals surface area contributed by atoms with Crippen LogP contribution in [0.1, 0.15) is 399 Å². The van der Waals surface area contributed by atoms with Gasteiger partial charge in [-0.05, 0) is 64.2 Å². The number of carbonyl (C=O) groups excluding carboxylic acids is 2. The Balaban J connectivity index is 3.91. The van der Waals surface area contributed by atoms with Crippen molar-refractivity contribution < 1.29 is 42.1 Å². The second-order valence-electron chi connectivity index (χ2n) is 28.8. The first-order valence-corrected chi connectivity index (χ1v) is 42.1. The SMILES string of the molecule is CC/C=C\C/C=C\C/C=C\C/C=C\C/C=C\C/C=C\CCCCCCCCCCCCCCC(=O)OC(COC(=O)CCCCCCCCCCCCCCCCCCCCCCCCCCCCCCCCCCCCCCCCC)COP(=O)([O-])OCC[N+](C)(C)C. The molecule has 0 radical (unpaired) electrons. The number of phosphoric acid groups is 1. The highest BCUT2D eigenvalue weighted by Gasteiger charge is 2.22. The molecule has 0 aliphatic heterocycles. The number of esters is 2. The Kier molecular flexibility index (Phi) is 72.6. The molecule has 0 aromatic rings. The largest absolute Gasteiger partial charge is 0.756 e. The molecule has 0 fully saturated rings. The first-order chi connectivity index (χ1) is 46.0. The van der Waals surface area contributed by atoms with Gasteiger partial charge in [0.1, 0.15) is 19.8 Å². The number of quaternary nitrogens is 1. The van der Waals surface area contributed by atoms with E-state index in [0.717, 1.165) is 77.0 Å². The van der Waals surface area contributed by atoms with Gasteiger partial charge in [-0.3, -0.25) is 14.2 Å². The fourth-order valence-corrected chi connectivity index (χ4v) is 12.8. The summed E-state index contributed by atoms with van der Waals surface area (Å²) < 4.78 is 34.4. The third-order valence-electron chi connectivity index (χ3n) is 18.2. The van der Waals surface area contributed by atoms with Gasteiger partial charge in [0, 0.05) is 12.8 Å². The van der Waals surface area contributed by atoms with Crippen LogP contribution in [0.5, 0.6) is 0 Å². The van der Waals surface area contributed by atoms with Crippen molar-refractivity contribution in [2.75, 3.05) is 47.5 Å². The maximum Gasteiger partial charge on any atom is 0.306 e. The lowest BCUT2D eigenvalue weighted by atomic mass is 10.0. The number of nitrogens with zero attached hydrogens (tertiary/aromatic N) is 1. The van der Waals surface area contributed by atoms with Gasteiger partial charge in [-0.2, -0.15) is 0 Å².